The average molecular weight is 243 g/mol. The van der Waals surface area contributed by atoms with E-state index in [1.807, 2.05) is 30.3 Å². The third-order valence-electron chi connectivity index (χ3n) is 1.95. The van der Waals surface area contributed by atoms with Crippen LogP contribution in [0.25, 0.3) is 10.6 Å². The standard InChI is InChI=1S/C11H8F3NS/c12-11(13,14)6-9-7-16-10(15-9)8-4-2-1-3-5-8/h1-5,7H,6H2. The molecule has 1 aromatic heterocycles. The first-order valence-electron chi connectivity index (χ1n) is 4.61. The van der Waals surface area contributed by atoms with Gasteiger partial charge < -0.3 is 0 Å². The Kier molecular flexibility index (Phi) is 2.96. The van der Waals surface area contributed by atoms with E-state index in [4.69, 9.17) is 0 Å². The van der Waals surface area contributed by atoms with Crippen LogP contribution in [0, 0.1) is 0 Å². The topological polar surface area (TPSA) is 12.9 Å². The van der Waals surface area contributed by atoms with Gasteiger partial charge in [0.25, 0.3) is 0 Å². The van der Waals surface area contributed by atoms with Gasteiger partial charge in [-0.05, 0) is 0 Å². The predicted molar refractivity (Wildman–Crippen MR) is 57.3 cm³/mol. The van der Waals surface area contributed by atoms with Crippen molar-refractivity contribution in [1.82, 2.24) is 4.98 Å². The molecule has 0 spiro atoms. The molecule has 2 aromatic rings. The summed E-state index contributed by atoms with van der Waals surface area (Å²) < 4.78 is 36.4. The van der Waals surface area contributed by atoms with Crippen LogP contribution in [-0.4, -0.2) is 11.2 Å². The molecule has 2 rings (SSSR count). The largest absolute Gasteiger partial charge is 0.394 e. The maximum absolute atomic E-state index is 12.1. The Balaban J connectivity index is 2.21. The van der Waals surface area contributed by atoms with Gasteiger partial charge in [-0.15, -0.1) is 11.3 Å². The van der Waals surface area contributed by atoms with E-state index in [0.29, 0.717) is 5.01 Å². The molecule has 5 heteroatoms. The summed E-state index contributed by atoms with van der Waals surface area (Å²) in [6.07, 6.45) is -5.15. The summed E-state index contributed by atoms with van der Waals surface area (Å²) in [5.41, 5.74) is 0.928. The maximum atomic E-state index is 12.1. The van der Waals surface area contributed by atoms with Crippen LogP contribution in [0.1, 0.15) is 5.69 Å². The summed E-state index contributed by atoms with van der Waals surface area (Å²) in [7, 11) is 0. The summed E-state index contributed by atoms with van der Waals surface area (Å²) in [5.74, 6) is 0. The zero-order valence-corrected chi connectivity index (χ0v) is 8.98. The lowest BCUT2D eigenvalue weighted by Crippen LogP contribution is -2.11. The lowest BCUT2D eigenvalue weighted by Gasteiger charge is -2.01. The van der Waals surface area contributed by atoms with Crippen LogP contribution in [0.5, 0.6) is 0 Å². The van der Waals surface area contributed by atoms with Gasteiger partial charge in [0.2, 0.25) is 0 Å². The Hall–Kier alpha value is -1.36. The second-order valence-electron chi connectivity index (χ2n) is 3.30. The first-order chi connectivity index (χ1) is 7.54. The van der Waals surface area contributed by atoms with Gasteiger partial charge in [-0.2, -0.15) is 13.2 Å². The fourth-order valence-electron chi connectivity index (χ4n) is 1.31. The number of nitrogens with zero attached hydrogens (tertiary/aromatic N) is 1. The molecule has 1 heterocycles. The summed E-state index contributed by atoms with van der Waals surface area (Å²) in [4.78, 5) is 3.96. The lowest BCUT2D eigenvalue weighted by molar-refractivity contribution is -0.127. The third-order valence-corrected chi connectivity index (χ3v) is 2.89. The second-order valence-corrected chi connectivity index (χ2v) is 4.16. The van der Waals surface area contributed by atoms with Crippen molar-refractivity contribution >= 4 is 11.3 Å². The monoisotopic (exact) mass is 243 g/mol. The summed E-state index contributed by atoms with van der Waals surface area (Å²) in [5, 5.41) is 2.08. The van der Waals surface area contributed by atoms with Gasteiger partial charge in [0.05, 0.1) is 12.1 Å². The van der Waals surface area contributed by atoms with E-state index in [0.717, 1.165) is 5.56 Å². The Bertz CT molecular complexity index is 462. The van der Waals surface area contributed by atoms with E-state index < -0.39 is 12.6 Å². The minimum atomic E-state index is -4.19. The second kappa shape index (κ2) is 4.25. The molecule has 0 unspecified atom stereocenters. The van der Waals surface area contributed by atoms with Gasteiger partial charge in [0, 0.05) is 10.9 Å². The van der Waals surface area contributed by atoms with Gasteiger partial charge >= 0.3 is 6.18 Å². The number of aromatic nitrogens is 1. The molecule has 0 N–H and O–H groups in total. The van der Waals surface area contributed by atoms with Gasteiger partial charge in [0.15, 0.2) is 0 Å². The highest BCUT2D eigenvalue weighted by molar-refractivity contribution is 7.13. The van der Waals surface area contributed by atoms with Crippen molar-refractivity contribution in [2.75, 3.05) is 0 Å². The molecule has 0 aliphatic carbocycles. The fourth-order valence-corrected chi connectivity index (χ4v) is 2.13. The first-order valence-corrected chi connectivity index (χ1v) is 5.49. The highest BCUT2D eigenvalue weighted by Crippen LogP contribution is 2.27. The molecule has 0 radical (unpaired) electrons. The van der Waals surface area contributed by atoms with Crippen molar-refractivity contribution < 1.29 is 13.2 Å². The van der Waals surface area contributed by atoms with Gasteiger partial charge in [-0.25, -0.2) is 4.98 Å². The number of benzene rings is 1. The van der Waals surface area contributed by atoms with Crippen molar-refractivity contribution in [2.24, 2.45) is 0 Å². The van der Waals surface area contributed by atoms with E-state index in [2.05, 4.69) is 4.98 Å². The van der Waals surface area contributed by atoms with Crippen LogP contribution >= 0.6 is 11.3 Å². The number of alkyl halides is 3. The van der Waals surface area contributed by atoms with Crippen LogP contribution in [0.3, 0.4) is 0 Å². The van der Waals surface area contributed by atoms with Crippen LogP contribution in [0.2, 0.25) is 0 Å². The Morgan fingerprint density at radius 3 is 2.44 bits per heavy atom. The Morgan fingerprint density at radius 1 is 1.12 bits per heavy atom. The Labute approximate surface area is 94.6 Å². The molecular formula is C11H8F3NS. The fraction of sp³-hybridized carbons (Fsp3) is 0.182. The molecule has 0 saturated heterocycles. The zero-order valence-electron chi connectivity index (χ0n) is 8.16. The molecule has 84 valence electrons. The number of halogens is 3. The minimum Gasteiger partial charge on any atom is -0.241 e. The average Bonchev–Trinajstić information content (AvgIpc) is 2.65. The number of hydrogen-bond donors (Lipinski definition) is 0. The molecule has 0 bridgehead atoms. The van der Waals surface area contributed by atoms with Crippen molar-refractivity contribution in [3.8, 4) is 10.6 Å². The molecule has 0 amide bonds. The smallest absolute Gasteiger partial charge is 0.241 e. The molecule has 1 nitrogen and oxygen atoms in total. The van der Waals surface area contributed by atoms with E-state index in [1.165, 1.54) is 16.7 Å². The van der Waals surface area contributed by atoms with E-state index in [-0.39, 0.29) is 5.69 Å². The van der Waals surface area contributed by atoms with Crippen LogP contribution in [-0.2, 0) is 6.42 Å². The lowest BCUT2D eigenvalue weighted by atomic mass is 10.2. The van der Waals surface area contributed by atoms with Gasteiger partial charge in [0.1, 0.15) is 5.01 Å². The van der Waals surface area contributed by atoms with Gasteiger partial charge in [-0.1, -0.05) is 30.3 Å². The summed E-state index contributed by atoms with van der Waals surface area (Å²) >= 11 is 1.23. The number of thiazole rings is 1. The highest BCUT2D eigenvalue weighted by atomic mass is 32.1. The predicted octanol–water partition coefficient (Wildman–Crippen LogP) is 3.91. The van der Waals surface area contributed by atoms with Gasteiger partial charge in [-0.3, -0.25) is 0 Å². The Morgan fingerprint density at radius 2 is 1.81 bits per heavy atom. The maximum Gasteiger partial charge on any atom is 0.394 e. The van der Waals surface area contributed by atoms with E-state index in [1.54, 1.807) is 0 Å². The van der Waals surface area contributed by atoms with Crippen molar-refractivity contribution in [2.45, 2.75) is 12.6 Å². The highest BCUT2D eigenvalue weighted by Gasteiger charge is 2.28. The summed E-state index contributed by atoms with van der Waals surface area (Å²) in [6, 6.07) is 9.18. The van der Waals surface area contributed by atoms with Crippen LogP contribution in [0.15, 0.2) is 35.7 Å². The molecule has 0 saturated carbocycles. The molecule has 0 fully saturated rings. The first kappa shape index (κ1) is 11.1. The minimum absolute atomic E-state index is 0.0800. The molecule has 0 atom stereocenters. The molecule has 1 aromatic carbocycles. The number of hydrogen-bond acceptors (Lipinski definition) is 2. The van der Waals surface area contributed by atoms with Crippen molar-refractivity contribution in [3.05, 3.63) is 41.4 Å². The summed E-state index contributed by atoms with van der Waals surface area (Å²) in [6.45, 7) is 0. The van der Waals surface area contributed by atoms with Crippen LogP contribution in [0.4, 0.5) is 13.2 Å². The molecule has 0 aliphatic rings. The molecule has 16 heavy (non-hydrogen) atoms. The van der Waals surface area contributed by atoms with E-state index >= 15 is 0 Å². The number of rotatable bonds is 2. The SMILES string of the molecule is FC(F)(F)Cc1csc(-c2ccccc2)n1. The van der Waals surface area contributed by atoms with E-state index in [9.17, 15) is 13.2 Å². The molecule has 0 aliphatic heterocycles. The normalized spacial score (nSPS) is 11.7. The van der Waals surface area contributed by atoms with Crippen molar-refractivity contribution in [1.29, 1.82) is 0 Å². The zero-order chi connectivity index (χ0) is 11.6. The van der Waals surface area contributed by atoms with Crippen LogP contribution < -0.4 is 0 Å². The molecular weight excluding hydrogens is 235 g/mol. The quantitative estimate of drug-likeness (QED) is 0.779. The van der Waals surface area contributed by atoms with Crippen molar-refractivity contribution in [3.63, 3.8) is 0 Å². The third kappa shape index (κ3) is 2.82.